The lowest BCUT2D eigenvalue weighted by atomic mass is 9.92. The van der Waals surface area contributed by atoms with Gasteiger partial charge in [0.1, 0.15) is 0 Å². The molecule has 1 N–H and O–H groups in total. The summed E-state index contributed by atoms with van der Waals surface area (Å²) in [7, 11) is 0. The van der Waals surface area contributed by atoms with Crippen molar-refractivity contribution in [2.75, 3.05) is 26.2 Å². The van der Waals surface area contributed by atoms with Crippen molar-refractivity contribution in [3.8, 4) is 0 Å². The van der Waals surface area contributed by atoms with Crippen LogP contribution in [-0.4, -0.2) is 58.8 Å². The van der Waals surface area contributed by atoms with Crippen LogP contribution in [0.25, 0.3) is 0 Å². The third-order valence-corrected chi connectivity index (χ3v) is 6.64. The number of carbonyl (C=O) groups is 2. The van der Waals surface area contributed by atoms with Gasteiger partial charge in [0.2, 0.25) is 11.8 Å². The predicted molar refractivity (Wildman–Crippen MR) is 114 cm³/mol. The molecule has 0 spiro atoms. The maximum Gasteiger partial charge on any atom is 0.223 e. The minimum Gasteiger partial charge on any atom is -0.352 e. The van der Waals surface area contributed by atoms with Crippen molar-refractivity contribution >= 4 is 11.8 Å². The molecule has 0 aliphatic carbocycles. The molecule has 1 atom stereocenters. The van der Waals surface area contributed by atoms with E-state index in [1.165, 1.54) is 0 Å². The molecule has 2 aliphatic rings. The first-order valence-corrected chi connectivity index (χ1v) is 11.2. The van der Waals surface area contributed by atoms with Gasteiger partial charge in [0.15, 0.2) is 0 Å². The van der Waals surface area contributed by atoms with E-state index in [0.29, 0.717) is 30.8 Å². The van der Waals surface area contributed by atoms with Crippen molar-refractivity contribution in [3.05, 3.63) is 30.1 Å². The summed E-state index contributed by atoms with van der Waals surface area (Å²) in [5.41, 5.74) is 1.04. The van der Waals surface area contributed by atoms with Gasteiger partial charge >= 0.3 is 0 Å². The second kappa shape index (κ2) is 10.7. The molecular weight excluding hydrogens is 364 g/mol. The third kappa shape index (κ3) is 6.26. The Kier molecular flexibility index (Phi) is 8.04. The quantitative estimate of drug-likeness (QED) is 0.764. The highest BCUT2D eigenvalue weighted by molar-refractivity contribution is 5.78. The monoisotopic (exact) mass is 400 g/mol. The van der Waals surface area contributed by atoms with Gasteiger partial charge in [0.05, 0.1) is 0 Å². The Bertz CT molecular complexity index is 650. The molecule has 29 heavy (non-hydrogen) atoms. The summed E-state index contributed by atoms with van der Waals surface area (Å²) in [5, 5.41) is 3.06. The first kappa shape index (κ1) is 21.8. The van der Waals surface area contributed by atoms with Crippen molar-refractivity contribution in [2.24, 2.45) is 11.8 Å². The molecule has 6 nitrogen and oxygen atoms in total. The Labute approximate surface area is 175 Å². The van der Waals surface area contributed by atoms with Gasteiger partial charge in [-0.2, -0.15) is 0 Å². The number of pyridine rings is 1. The predicted octanol–water partition coefficient (Wildman–Crippen LogP) is 2.84. The standard InChI is InChI=1S/C23H36N4O2/c1-3-18(2)15-22(28)27-13-8-21(9-14-27)26-11-6-20(7-12-26)23(29)25-17-19-5-4-10-24-16-19/h4-5,10,16,18,20-21H,3,6-9,11-15,17H2,1-2H3,(H,25,29)/t18-/m0/s1. The average Bonchev–Trinajstić information content (AvgIpc) is 2.78. The fourth-order valence-corrected chi connectivity index (χ4v) is 4.41. The van der Waals surface area contributed by atoms with Gasteiger partial charge in [-0.05, 0) is 56.3 Å². The number of piperidine rings is 2. The fourth-order valence-electron chi connectivity index (χ4n) is 4.41. The molecule has 0 aromatic carbocycles. The number of hydrogen-bond acceptors (Lipinski definition) is 4. The van der Waals surface area contributed by atoms with Gasteiger partial charge in [-0.15, -0.1) is 0 Å². The van der Waals surface area contributed by atoms with E-state index in [1.54, 1.807) is 12.4 Å². The summed E-state index contributed by atoms with van der Waals surface area (Å²) in [6, 6.07) is 4.43. The molecule has 1 aromatic rings. The van der Waals surface area contributed by atoms with Gasteiger partial charge in [0, 0.05) is 50.4 Å². The van der Waals surface area contributed by atoms with Gasteiger partial charge in [-0.3, -0.25) is 14.6 Å². The van der Waals surface area contributed by atoms with Crippen LogP contribution in [0.1, 0.15) is 57.9 Å². The summed E-state index contributed by atoms with van der Waals surface area (Å²) in [6.07, 6.45) is 9.25. The maximum atomic E-state index is 12.5. The molecule has 2 aliphatic heterocycles. The maximum absolute atomic E-state index is 12.5. The van der Waals surface area contributed by atoms with E-state index in [2.05, 4.69) is 33.9 Å². The molecule has 1 aromatic heterocycles. The zero-order chi connectivity index (χ0) is 20.6. The molecule has 2 fully saturated rings. The summed E-state index contributed by atoms with van der Waals surface area (Å²) in [6.45, 7) is 8.58. The molecule has 0 radical (unpaired) electrons. The minimum atomic E-state index is 0.111. The number of aromatic nitrogens is 1. The smallest absolute Gasteiger partial charge is 0.223 e. The molecule has 2 saturated heterocycles. The lowest BCUT2D eigenvalue weighted by Crippen LogP contribution is -2.50. The largest absolute Gasteiger partial charge is 0.352 e. The average molecular weight is 401 g/mol. The number of hydrogen-bond donors (Lipinski definition) is 1. The molecule has 3 heterocycles. The number of rotatable bonds is 7. The van der Waals surface area contributed by atoms with Gasteiger partial charge in [0.25, 0.3) is 0 Å². The fraction of sp³-hybridized carbons (Fsp3) is 0.696. The number of nitrogens with zero attached hydrogens (tertiary/aromatic N) is 3. The van der Waals surface area contributed by atoms with Crippen LogP contribution in [0.3, 0.4) is 0 Å². The lowest BCUT2D eigenvalue weighted by molar-refractivity contribution is -0.134. The summed E-state index contributed by atoms with van der Waals surface area (Å²) >= 11 is 0. The highest BCUT2D eigenvalue weighted by Crippen LogP contribution is 2.25. The molecular formula is C23H36N4O2. The first-order chi connectivity index (χ1) is 14.1. The Hall–Kier alpha value is -1.95. The van der Waals surface area contributed by atoms with E-state index >= 15 is 0 Å². The van der Waals surface area contributed by atoms with Crippen LogP contribution in [0.15, 0.2) is 24.5 Å². The molecule has 3 rings (SSSR count). The summed E-state index contributed by atoms with van der Waals surface area (Å²) in [5.74, 6) is 1.07. The minimum absolute atomic E-state index is 0.111. The van der Waals surface area contributed by atoms with E-state index in [1.807, 2.05) is 12.1 Å². The van der Waals surface area contributed by atoms with Crippen LogP contribution in [0.5, 0.6) is 0 Å². The molecule has 2 amide bonds. The second-order valence-corrected chi connectivity index (χ2v) is 8.72. The summed E-state index contributed by atoms with van der Waals surface area (Å²) < 4.78 is 0. The summed E-state index contributed by atoms with van der Waals surface area (Å²) in [4.78, 5) is 33.6. The van der Waals surface area contributed by atoms with Crippen LogP contribution < -0.4 is 5.32 Å². The van der Waals surface area contributed by atoms with Crippen LogP contribution in [0.2, 0.25) is 0 Å². The van der Waals surface area contributed by atoms with E-state index in [-0.39, 0.29) is 11.8 Å². The Morgan fingerprint density at radius 2 is 1.90 bits per heavy atom. The van der Waals surface area contributed by atoms with Crippen LogP contribution in [0, 0.1) is 11.8 Å². The lowest BCUT2D eigenvalue weighted by Gasteiger charge is -2.41. The SMILES string of the molecule is CC[C@H](C)CC(=O)N1CCC(N2CCC(C(=O)NCc3cccnc3)CC2)CC1. The van der Waals surface area contributed by atoms with Crippen LogP contribution >= 0.6 is 0 Å². The molecule has 6 heteroatoms. The number of nitrogens with one attached hydrogen (secondary N) is 1. The third-order valence-electron chi connectivity index (χ3n) is 6.64. The van der Waals surface area contributed by atoms with Crippen molar-refractivity contribution in [3.63, 3.8) is 0 Å². The highest BCUT2D eigenvalue weighted by Gasteiger charge is 2.31. The zero-order valence-corrected chi connectivity index (χ0v) is 18.0. The van der Waals surface area contributed by atoms with E-state index in [0.717, 1.165) is 63.8 Å². The number of amides is 2. The molecule has 160 valence electrons. The van der Waals surface area contributed by atoms with Crippen molar-refractivity contribution in [1.29, 1.82) is 0 Å². The number of likely N-dealkylation sites (tertiary alicyclic amines) is 2. The van der Waals surface area contributed by atoms with E-state index < -0.39 is 0 Å². The number of carbonyl (C=O) groups excluding carboxylic acids is 2. The highest BCUT2D eigenvalue weighted by atomic mass is 16.2. The zero-order valence-electron chi connectivity index (χ0n) is 18.0. The second-order valence-electron chi connectivity index (χ2n) is 8.72. The van der Waals surface area contributed by atoms with Gasteiger partial charge < -0.3 is 15.1 Å². The van der Waals surface area contributed by atoms with E-state index in [4.69, 9.17) is 0 Å². The topological polar surface area (TPSA) is 65.5 Å². The van der Waals surface area contributed by atoms with Gasteiger partial charge in [-0.1, -0.05) is 26.3 Å². The first-order valence-electron chi connectivity index (χ1n) is 11.2. The molecule has 0 saturated carbocycles. The Morgan fingerprint density at radius 1 is 1.17 bits per heavy atom. The Morgan fingerprint density at radius 3 is 2.52 bits per heavy atom. The molecule has 0 bridgehead atoms. The van der Waals surface area contributed by atoms with Crippen molar-refractivity contribution in [1.82, 2.24) is 20.1 Å². The molecule has 0 unspecified atom stereocenters. The Balaban J connectivity index is 1.36. The van der Waals surface area contributed by atoms with Crippen molar-refractivity contribution < 1.29 is 9.59 Å². The van der Waals surface area contributed by atoms with Gasteiger partial charge in [-0.25, -0.2) is 0 Å². The van der Waals surface area contributed by atoms with E-state index in [9.17, 15) is 9.59 Å². The van der Waals surface area contributed by atoms with Crippen LogP contribution in [-0.2, 0) is 16.1 Å². The van der Waals surface area contributed by atoms with Crippen LogP contribution in [0.4, 0.5) is 0 Å². The normalized spacial score (nSPS) is 20.4. The van der Waals surface area contributed by atoms with Crippen molar-refractivity contribution in [2.45, 2.75) is 65.0 Å².